The third-order valence-corrected chi connectivity index (χ3v) is 3.56. The summed E-state index contributed by atoms with van der Waals surface area (Å²) in [5, 5.41) is 2.55. The Hall–Kier alpha value is -2.57. The van der Waals surface area contributed by atoms with Crippen molar-refractivity contribution in [2.45, 2.75) is 26.0 Å². The molecule has 7 nitrogen and oxygen atoms in total. The minimum atomic E-state index is -0.906. The molecule has 0 spiro atoms. The number of hydrogen-bond donors (Lipinski definition) is 1. The minimum absolute atomic E-state index is 0.0839. The molecule has 0 saturated carbocycles. The Morgan fingerprint density at radius 1 is 1.61 bits per heavy atom. The molecule has 1 aliphatic heterocycles. The van der Waals surface area contributed by atoms with Crippen LogP contribution in [0.2, 0.25) is 0 Å². The number of esters is 1. The predicted molar refractivity (Wildman–Crippen MR) is 81.0 cm³/mol. The molecule has 1 aliphatic rings. The minimum Gasteiger partial charge on any atom is -0.467 e. The zero-order valence-electron chi connectivity index (χ0n) is 13.0. The molecule has 2 atom stereocenters. The first-order valence-corrected chi connectivity index (χ1v) is 7.40. The molecule has 124 valence electrons. The van der Waals surface area contributed by atoms with Gasteiger partial charge in [-0.3, -0.25) is 14.4 Å². The number of furan rings is 1. The molecule has 2 rings (SSSR count). The van der Waals surface area contributed by atoms with Crippen LogP contribution >= 0.6 is 0 Å². The number of amides is 2. The van der Waals surface area contributed by atoms with E-state index in [2.05, 4.69) is 11.9 Å². The highest BCUT2D eigenvalue weighted by molar-refractivity contribution is 5.88. The van der Waals surface area contributed by atoms with Gasteiger partial charge in [0.05, 0.1) is 18.7 Å². The fourth-order valence-electron chi connectivity index (χ4n) is 2.31. The molecule has 2 amide bonds. The average molecular weight is 320 g/mol. The topological polar surface area (TPSA) is 88.8 Å². The van der Waals surface area contributed by atoms with E-state index in [4.69, 9.17) is 9.15 Å². The zero-order valence-corrected chi connectivity index (χ0v) is 13.0. The van der Waals surface area contributed by atoms with Crippen LogP contribution in [-0.4, -0.2) is 41.9 Å². The summed E-state index contributed by atoms with van der Waals surface area (Å²) in [4.78, 5) is 37.3. The van der Waals surface area contributed by atoms with Crippen LogP contribution in [-0.2, 0) is 25.7 Å². The van der Waals surface area contributed by atoms with E-state index in [1.807, 2.05) is 0 Å². The summed E-state index contributed by atoms with van der Waals surface area (Å²) in [6.45, 7) is 5.88. The van der Waals surface area contributed by atoms with Crippen LogP contribution in [0.15, 0.2) is 35.5 Å². The lowest BCUT2D eigenvalue weighted by molar-refractivity contribution is -0.158. The number of likely N-dealkylation sites (tertiary alicyclic amines) is 1. The van der Waals surface area contributed by atoms with Gasteiger partial charge in [-0.05, 0) is 19.1 Å². The van der Waals surface area contributed by atoms with Gasteiger partial charge < -0.3 is 19.4 Å². The van der Waals surface area contributed by atoms with Crippen molar-refractivity contribution < 1.29 is 23.5 Å². The second kappa shape index (κ2) is 7.62. The molecule has 23 heavy (non-hydrogen) atoms. The predicted octanol–water partition coefficient (Wildman–Crippen LogP) is 0.862. The van der Waals surface area contributed by atoms with E-state index >= 15 is 0 Å². The summed E-state index contributed by atoms with van der Waals surface area (Å²) in [5.41, 5.74) is 0. The van der Waals surface area contributed by atoms with Crippen LogP contribution in [0, 0.1) is 5.92 Å². The van der Waals surface area contributed by atoms with Crippen molar-refractivity contribution >= 4 is 17.8 Å². The normalized spacial score (nSPS) is 18.6. The Balaban J connectivity index is 1.85. The van der Waals surface area contributed by atoms with Gasteiger partial charge in [-0.25, -0.2) is 0 Å². The summed E-state index contributed by atoms with van der Waals surface area (Å²) in [7, 11) is 0. The van der Waals surface area contributed by atoms with Crippen molar-refractivity contribution in [1.82, 2.24) is 10.2 Å². The third kappa shape index (κ3) is 4.45. The molecule has 0 aromatic carbocycles. The summed E-state index contributed by atoms with van der Waals surface area (Å²) in [5.74, 6) is -0.972. The number of rotatable bonds is 7. The Morgan fingerprint density at radius 3 is 3.04 bits per heavy atom. The van der Waals surface area contributed by atoms with Crippen LogP contribution in [0.25, 0.3) is 0 Å². The van der Waals surface area contributed by atoms with E-state index in [1.165, 1.54) is 19.3 Å². The zero-order chi connectivity index (χ0) is 16.8. The number of nitrogens with one attached hydrogen (secondary N) is 1. The quantitative estimate of drug-likeness (QED) is 0.594. The standard InChI is InChI=1S/C16H20N2O5/c1-3-6-17-15(20)11(2)23-16(21)12-8-14(19)18(9-12)10-13-5-4-7-22-13/h3-5,7,11-12H,1,6,8-10H2,2H3,(H,17,20)/t11-,12-/m0/s1. The lowest BCUT2D eigenvalue weighted by Gasteiger charge is -2.17. The van der Waals surface area contributed by atoms with Gasteiger partial charge in [0.1, 0.15) is 5.76 Å². The first kappa shape index (κ1) is 16.8. The third-order valence-electron chi connectivity index (χ3n) is 3.56. The van der Waals surface area contributed by atoms with Gasteiger partial charge in [-0.2, -0.15) is 0 Å². The fraction of sp³-hybridized carbons (Fsp3) is 0.438. The van der Waals surface area contributed by atoms with E-state index in [9.17, 15) is 14.4 Å². The highest BCUT2D eigenvalue weighted by Crippen LogP contribution is 2.22. The first-order valence-electron chi connectivity index (χ1n) is 7.40. The van der Waals surface area contributed by atoms with E-state index in [1.54, 1.807) is 17.0 Å². The average Bonchev–Trinajstić information content (AvgIpc) is 3.15. The summed E-state index contributed by atoms with van der Waals surface area (Å²) in [6.07, 6.45) is 2.25. The number of nitrogens with zero attached hydrogens (tertiary/aromatic N) is 1. The Morgan fingerprint density at radius 2 is 2.39 bits per heavy atom. The number of carbonyl (C=O) groups excluding carboxylic acids is 3. The summed E-state index contributed by atoms with van der Waals surface area (Å²) < 4.78 is 10.3. The van der Waals surface area contributed by atoms with Crippen LogP contribution < -0.4 is 5.32 Å². The molecule has 0 unspecified atom stereocenters. The molecule has 0 radical (unpaired) electrons. The molecule has 1 aromatic heterocycles. The maximum Gasteiger partial charge on any atom is 0.312 e. The number of carbonyl (C=O) groups is 3. The maximum absolute atomic E-state index is 12.1. The van der Waals surface area contributed by atoms with Gasteiger partial charge in [-0.1, -0.05) is 6.08 Å². The highest BCUT2D eigenvalue weighted by atomic mass is 16.5. The van der Waals surface area contributed by atoms with E-state index < -0.39 is 23.9 Å². The number of ether oxygens (including phenoxy) is 1. The lowest BCUT2D eigenvalue weighted by atomic mass is 10.1. The van der Waals surface area contributed by atoms with Crippen molar-refractivity contribution in [2.24, 2.45) is 5.92 Å². The molecular weight excluding hydrogens is 300 g/mol. The number of hydrogen-bond acceptors (Lipinski definition) is 5. The molecule has 1 fully saturated rings. The van der Waals surface area contributed by atoms with E-state index in [-0.39, 0.29) is 18.9 Å². The van der Waals surface area contributed by atoms with Gasteiger partial charge in [0.25, 0.3) is 5.91 Å². The monoisotopic (exact) mass is 320 g/mol. The first-order chi connectivity index (χ1) is 11.0. The highest BCUT2D eigenvalue weighted by Gasteiger charge is 2.36. The van der Waals surface area contributed by atoms with Crippen molar-refractivity contribution in [2.75, 3.05) is 13.1 Å². The summed E-state index contributed by atoms with van der Waals surface area (Å²) in [6, 6.07) is 3.51. The van der Waals surface area contributed by atoms with Gasteiger partial charge in [-0.15, -0.1) is 6.58 Å². The molecule has 0 aliphatic carbocycles. The second-order valence-corrected chi connectivity index (χ2v) is 5.37. The van der Waals surface area contributed by atoms with Crippen LogP contribution in [0.5, 0.6) is 0 Å². The molecule has 1 saturated heterocycles. The van der Waals surface area contributed by atoms with E-state index in [0.717, 1.165) is 0 Å². The molecule has 7 heteroatoms. The van der Waals surface area contributed by atoms with Crippen LogP contribution in [0.1, 0.15) is 19.1 Å². The largest absolute Gasteiger partial charge is 0.467 e. The van der Waals surface area contributed by atoms with Crippen molar-refractivity contribution in [3.05, 3.63) is 36.8 Å². The lowest BCUT2D eigenvalue weighted by Crippen LogP contribution is -2.37. The van der Waals surface area contributed by atoms with Crippen molar-refractivity contribution in [3.8, 4) is 0 Å². The van der Waals surface area contributed by atoms with Crippen molar-refractivity contribution in [3.63, 3.8) is 0 Å². The molecule has 1 N–H and O–H groups in total. The van der Waals surface area contributed by atoms with Gasteiger partial charge in [0.15, 0.2) is 6.10 Å². The summed E-state index contributed by atoms with van der Waals surface area (Å²) >= 11 is 0. The smallest absolute Gasteiger partial charge is 0.312 e. The fourth-order valence-corrected chi connectivity index (χ4v) is 2.31. The maximum atomic E-state index is 12.1. The molecule has 1 aromatic rings. The van der Waals surface area contributed by atoms with Crippen molar-refractivity contribution in [1.29, 1.82) is 0 Å². The molecule has 0 bridgehead atoms. The SMILES string of the molecule is C=CCNC(=O)[C@H](C)OC(=O)[C@H]1CC(=O)N(Cc2ccco2)C1. The van der Waals surface area contributed by atoms with Gasteiger partial charge >= 0.3 is 5.97 Å². The Bertz CT molecular complexity index is 581. The van der Waals surface area contributed by atoms with E-state index in [0.29, 0.717) is 18.8 Å². The van der Waals surface area contributed by atoms with Crippen LogP contribution in [0.3, 0.4) is 0 Å². The van der Waals surface area contributed by atoms with Gasteiger partial charge in [0.2, 0.25) is 5.91 Å². The van der Waals surface area contributed by atoms with Crippen LogP contribution in [0.4, 0.5) is 0 Å². The van der Waals surface area contributed by atoms with Gasteiger partial charge in [0, 0.05) is 19.5 Å². The Kier molecular flexibility index (Phi) is 5.56. The Labute approximate surface area is 134 Å². The second-order valence-electron chi connectivity index (χ2n) is 5.37. The molecule has 2 heterocycles. The molecular formula is C16H20N2O5.